The maximum atomic E-state index is 11.6. The van der Waals surface area contributed by atoms with E-state index >= 15 is 0 Å². The molecule has 0 atom stereocenters. The zero-order valence-electron chi connectivity index (χ0n) is 10.8. The second-order valence-corrected chi connectivity index (χ2v) is 3.79. The van der Waals surface area contributed by atoms with Gasteiger partial charge in [-0.3, -0.25) is 0 Å². The van der Waals surface area contributed by atoms with E-state index in [0.29, 0.717) is 11.1 Å². The SMILES string of the molecule is C=Cc1cc[c]c(C(=O)OCCOC(=O)C(=C)C)c1. The second-order valence-electron chi connectivity index (χ2n) is 3.79. The molecule has 4 heteroatoms. The topological polar surface area (TPSA) is 52.6 Å². The van der Waals surface area contributed by atoms with Crippen LogP contribution >= 0.6 is 0 Å². The van der Waals surface area contributed by atoms with Gasteiger partial charge in [-0.1, -0.05) is 31.4 Å². The van der Waals surface area contributed by atoms with E-state index in [9.17, 15) is 9.59 Å². The summed E-state index contributed by atoms with van der Waals surface area (Å²) in [6, 6.07) is 7.78. The molecule has 1 aromatic rings. The van der Waals surface area contributed by atoms with Gasteiger partial charge in [-0.2, -0.15) is 0 Å². The molecule has 99 valence electrons. The predicted octanol–water partition coefficient (Wildman–Crippen LogP) is 2.41. The number of ether oxygens (including phenoxy) is 2. The molecule has 0 amide bonds. The van der Waals surface area contributed by atoms with Gasteiger partial charge >= 0.3 is 11.9 Å². The molecule has 1 aromatic carbocycles. The Morgan fingerprint density at radius 1 is 1.37 bits per heavy atom. The van der Waals surface area contributed by atoms with Crippen LogP contribution in [0, 0.1) is 6.07 Å². The van der Waals surface area contributed by atoms with Crippen LogP contribution in [0.15, 0.2) is 36.9 Å². The van der Waals surface area contributed by atoms with Gasteiger partial charge in [0.1, 0.15) is 13.2 Å². The van der Waals surface area contributed by atoms with Gasteiger partial charge in [0.15, 0.2) is 0 Å². The molecule has 0 saturated carbocycles. The first-order valence-corrected chi connectivity index (χ1v) is 5.68. The summed E-state index contributed by atoms with van der Waals surface area (Å²) in [5.41, 5.74) is 1.42. The van der Waals surface area contributed by atoms with Gasteiger partial charge < -0.3 is 9.47 Å². The average molecular weight is 259 g/mol. The largest absolute Gasteiger partial charge is 0.459 e. The Morgan fingerprint density at radius 2 is 2.05 bits per heavy atom. The third-order valence-electron chi connectivity index (χ3n) is 2.18. The molecule has 0 N–H and O–H groups in total. The van der Waals surface area contributed by atoms with Crippen molar-refractivity contribution in [2.45, 2.75) is 6.92 Å². The van der Waals surface area contributed by atoms with E-state index in [0.717, 1.165) is 5.56 Å². The van der Waals surface area contributed by atoms with Crippen LogP contribution in [0.5, 0.6) is 0 Å². The Morgan fingerprint density at radius 3 is 2.68 bits per heavy atom. The van der Waals surface area contributed by atoms with Crippen molar-refractivity contribution >= 4 is 18.0 Å². The van der Waals surface area contributed by atoms with Crippen LogP contribution in [-0.4, -0.2) is 25.2 Å². The standard InChI is InChI=1S/C15H15O4/c1-4-12-6-5-7-13(10-12)15(17)19-9-8-18-14(16)11(2)3/h4-6,10H,1-2,8-9H2,3H3. The molecule has 0 fully saturated rings. The van der Waals surface area contributed by atoms with E-state index in [-0.39, 0.29) is 13.2 Å². The molecule has 0 saturated heterocycles. The lowest BCUT2D eigenvalue weighted by Crippen LogP contribution is -2.14. The Balaban J connectivity index is 2.41. The molecule has 1 rings (SSSR count). The Hall–Kier alpha value is -2.36. The molecular formula is C15H15O4. The molecule has 0 heterocycles. The molecule has 1 radical (unpaired) electrons. The zero-order chi connectivity index (χ0) is 14.3. The molecule has 4 nitrogen and oxygen atoms in total. The number of hydrogen-bond acceptors (Lipinski definition) is 4. The fourth-order valence-electron chi connectivity index (χ4n) is 1.20. The first-order valence-electron chi connectivity index (χ1n) is 5.68. The molecule has 0 aromatic heterocycles. The van der Waals surface area contributed by atoms with Gasteiger partial charge in [0.05, 0.1) is 5.56 Å². The van der Waals surface area contributed by atoms with Crippen molar-refractivity contribution in [2.75, 3.05) is 13.2 Å². The fourth-order valence-corrected chi connectivity index (χ4v) is 1.20. The summed E-state index contributed by atoms with van der Waals surface area (Å²) >= 11 is 0. The first-order chi connectivity index (χ1) is 9.04. The smallest absolute Gasteiger partial charge is 0.338 e. The maximum absolute atomic E-state index is 11.6. The monoisotopic (exact) mass is 259 g/mol. The quantitative estimate of drug-likeness (QED) is 0.447. The van der Waals surface area contributed by atoms with E-state index in [1.54, 1.807) is 31.2 Å². The highest BCUT2D eigenvalue weighted by Gasteiger charge is 2.08. The summed E-state index contributed by atoms with van der Waals surface area (Å²) in [5.74, 6) is -1.02. The number of rotatable bonds is 6. The number of carbonyl (C=O) groups is 2. The molecule has 0 aliphatic rings. The fraction of sp³-hybridized carbons (Fsp3) is 0.200. The van der Waals surface area contributed by atoms with Crippen molar-refractivity contribution in [2.24, 2.45) is 0 Å². The number of hydrogen-bond donors (Lipinski definition) is 0. The predicted molar refractivity (Wildman–Crippen MR) is 71.4 cm³/mol. The Labute approximate surface area is 112 Å². The zero-order valence-corrected chi connectivity index (χ0v) is 10.8. The second kappa shape index (κ2) is 7.16. The van der Waals surface area contributed by atoms with Gasteiger partial charge in [0.2, 0.25) is 0 Å². The minimum absolute atomic E-state index is 0.00141. The number of esters is 2. The number of benzene rings is 1. The van der Waals surface area contributed by atoms with Crippen LogP contribution in [0.3, 0.4) is 0 Å². The summed E-state index contributed by atoms with van der Waals surface area (Å²) in [5, 5.41) is 0. The number of carbonyl (C=O) groups excluding carboxylic acids is 2. The molecule has 0 aliphatic carbocycles. The van der Waals surface area contributed by atoms with Gasteiger partial charge in [-0.15, -0.1) is 0 Å². The molecule has 0 aliphatic heterocycles. The van der Waals surface area contributed by atoms with Crippen LogP contribution in [-0.2, 0) is 14.3 Å². The maximum Gasteiger partial charge on any atom is 0.338 e. The third kappa shape index (κ3) is 4.79. The van der Waals surface area contributed by atoms with Crippen LogP contribution in [0.2, 0.25) is 0 Å². The van der Waals surface area contributed by atoms with Crippen LogP contribution in [0.1, 0.15) is 22.8 Å². The molecular weight excluding hydrogens is 244 g/mol. The lowest BCUT2D eigenvalue weighted by Gasteiger charge is -2.06. The highest BCUT2D eigenvalue weighted by molar-refractivity contribution is 5.89. The van der Waals surface area contributed by atoms with Gasteiger partial charge in [-0.05, 0) is 24.6 Å². The van der Waals surface area contributed by atoms with Gasteiger partial charge in [-0.25, -0.2) is 9.59 Å². The van der Waals surface area contributed by atoms with E-state index in [4.69, 9.17) is 9.47 Å². The van der Waals surface area contributed by atoms with E-state index in [1.807, 2.05) is 0 Å². The highest BCUT2D eigenvalue weighted by atomic mass is 16.6. The summed E-state index contributed by atoms with van der Waals surface area (Å²) in [6.07, 6.45) is 1.62. The van der Waals surface area contributed by atoms with Crippen molar-refractivity contribution < 1.29 is 19.1 Å². The average Bonchev–Trinajstić information content (AvgIpc) is 2.42. The van der Waals surface area contributed by atoms with Crippen molar-refractivity contribution in [3.05, 3.63) is 54.1 Å². The van der Waals surface area contributed by atoms with Crippen molar-refractivity contribution in [3.8, 4) is 0 Å². The molecule has 0 spiro atoms. The summed E-state index contributed by atoms with van der Waals surface area (Å²) in [7, 11) is 0. The van der Waals surface area contributed by atoms with Crippen LogP contribution in [0.25, 0.3) is 6.08 Å². The van der Waals surface area contributed by atoms with E-state index in [2.05, 4.69) is 19.2 Å². The van der Waals surface area contributed by atoms with Gasteiger partial charge in [0.25, 0.3) is 0 Å². The van der Waals surface area contributed by atoms with Crippen LogP contribution < -0.4 is 0 Å². The molecule has 0 bridgehead atoms. The molecule has 19 heavy (non-hydrogen) atoms. The Kier molecular flexibility index (Phi) is 5.54. The van der Waals surface area contributed by atoms with E-state index in [1.165, 1.54) is 0 Å². The Bertz CT molecular complexity index is 503. The minimum atomic E-state index is -0.518. The van der Waals surface area contributed by atoms with Crippen molar-refractivity contribution in [3.63, 3.8) is 0 Å². The first kappa shape index (κ1) is 14.7. The summed E-state index contributed by atoms with van der Waals surface area (Å²) in [6.45, 7) is 8.58. The summed E-state index contributed by atoms with van der Waals surface area (Å²) in [4.78, 5) is 22.7. The third-order valence-corrected chi connectivity index (χ3v) is 2.18. The highest BCUT2D eigenvalue weighted by Crippen LogP contribution is 2.07. The van der Waals surface area contributed by atoms with Gasteiger partial charge in [0, 0.05) is 5.57 Å². The molecule has 0 unspecified atom stereocenters. The minimum Gasteiger partial charge on any atom is -0.459 e. The van der Waals surface area contributed by atoms with Crippen molar-refractivity contribution in [1.29, 1.82) is 0 Å². The summed E-state index contributed by atoms with van der Waals surface area (Å²) < 4.78 is 9.74. The lowest BCUT2D eigenvalue weighted by atomic mass is 10.1. The van der Waals surface area contributed by atoms with Crippen molar-refractivity contribution in [1.82, 2.24) is 0 Å². The van der Waals surface area contributed by atoms with E-state index < -0.39 is 11.9 Å². The lowest BCUT2D eigenvalue weighted by molar-refractivity contribution is -0.140. The van der Waals surface area contributed by atoms with Crippen LogP contribution in [0.4, 0.5) is 0 Å². The normalized spacial score (nSPS) is 9.53.